The average Bonchev–Trinajstić information content (AvgIpc) is 3.66. The molecule has 1 unspecified atom stereocenters. The Kier molecular flexibility index (Phi) is 9.03. The number of nitrogens with zero attached hydrogens (tertiary/aromatic N) is 2. The number of aliphatic hydroxyl groups excluding tert-OH is 1. The third-order valence-corrected chi connectivity index (χ3v) is 9.26. The van der Waals surface area contributed by atoms with Gasteiger partial charge >= 0.3 is 0 Å². The summed E-state index contributed by atoms with van der Waals surface area (Å²) in [5.41, 5.74) is 8.34. The Balaban J connectivity index is 1.23. The second kappa shape index (κ2) is 12.9. The molecule has 3 N–H and O–H groups in total. The van der Waals surface area contributed by atoms with Gasteiger partial charge in [0.1, 0.15) is 17.5 Å². The lowest BCUT2D eigenvalue weighted by atomic mass is 9.90. The van der Waals surface area contributed by atoms with Crippen LogP contribution in [-0.4, -0.2) is 59.4 Å². The van der Waals surface area contributed by atoms with Crippen LogP contribution < -0.4 is 15.2 Å². The Bertz CT molecular complexity index is 1210. The lowest BCUT2D eigenvalue weighted by Crippen LogP contribution is -2.52. The minimum atomic E-state index is -0.968. The molecular weight excluding hydrogens is 542 g/mol. The van der Waals surface area contributed by atoms with E-state index < -0.39 is 24.1 Å². The lowest BCUT2D eigenvalue weighted by molar-refractivity contribution is -0.249. The number of ether oxygens (including phenoxy) is 2. The number of nitrogens with two attached hydrogens (primary N) is 1. The Hall–Kier alpha value is -2.36. The van der Waals surface area contributed by atoms with E-state index in [1.54, 1.807) is 11.1 Å². The van der Waals surface area contributed by atoms with Crippen LogP contribution in [0.15, 0.2) is 36.4 Å². The monoisotopic (exact) mass is 583 g/mol. The van der Waals surface area contributed by atoms with E-state index in [0.717, 1.165) is 55.6 Å². The van der Waals surface area contributed by atoms with Gasteiger partial charge in [0.15, 0.2) is 0 Å². The fraction of sp³-hybridized carbons (Fsp3) is 0.594. The smallest absolute Gasteiger partial charge is 0.241 e. The van der Waals surface area contributed by atoms with E-state index >= 15 is 0 Å². The number of halogens is 1. The van der Waals surface area contributed by atoms with Crippen molar-refractivity contribution < 1.29 is 24.2 Å². The number of hydroxylamine groups is 2. The Labute approximate surface area is 247 Å². The molecule has 2 heterocycles. The number of amides is 1. The number of carbonyl (C=O) groups excluding carboxylic acids is 1. The van der Waals surface area contributed by atoms with Crippen LogP contribution in [0.1, 0.15) is 86.6 Å². The van der Waals surface area contributed by atoms with Gasteiger partial charge < -0.3 is 25.2 Å². The van der Waals surface area contributed by atoms with Crippen LogP contribution in [0.25, 0.3) is 0 Å². The topological polar surface area (TPSA) is 97.5 Å². The maximum atomic E-state index is 13.0. The number of carbonyl (C=O) groups is 1. The predicted octanol–water partition coefficient (Wildman–Crippen LogP) is 5.31. The molecule has 9 heteroatoms. The number of primary amides is 1. The maximum Gasteiger partial charge on any atom is 0.241 e. The quantitative estimate of drug-likeness (QED) is 0.370. The van der Waals surface area contributed by atoms with Crippen molar-refractivity contribution in [2.75, 3.05) is 26.2 Å². The van der Waals surface area contributed by atoms with Gasteiger partial charge in [-0.05, 0) is 98.5 Å². The van der Waals surface area contributed by atoms with E-state index in [2.05, 4.69) is 4.90 Å². The molecule has 2 aromatic rings. The predicted molar refractivity (Wildman–Crippen MR) is 157 cm³/mol. The average molecular weight is 584 g/mol. The molecule has 0 radical (unpaired) electrons. The fourth-order valence-corrected chi connectivity index (χ4v) is 6.72. The highest BCUT2D eigenvalue weighted by atomic mass is 35.5. The number of aliphatic hydroxyl groups is 1. The molecule has 0 aromatic heterocycles. The summed E-state index contributed by atoms with van der Waals surface area (Å²) in [6, 6.07) is 9.84. The summed E-state index contributed by atoms with van der Waals surface area (Å²) in [4.78, 5) is 21.6. The van der Waals surface area contributed by atoms with Gasteiger partial charge in [0.05, 0.1) is 36.5 Å². The standard InChI is InChI=1S/C32H42ClN3O5/c33-27-17-22(8-13-29(27)41-24-9-10-24)31(37)28(18-35-14-4-5-15-35)36-30(32(34)38)26-12-11-25(16-23(26)20-40-36)39-19-21-6-2-1-3-7-21/h8,11-13,16-17,21,24,28,30-31,37H,1-7,9-10,14-15,18-20H2,(H2,34,38)/t28-,30?,31-/m1/s1. The number of benzene rings is 2. The van der Waals surface area contributed by atoms with Gasteiger partial charge in [0, 0.05) is 6.54 Å². The first-order valence-electron chi connectivity index (χ1n) is 15.3. The Morgan fingerprint density at radius 2 is 1.83 bits per heavy atom. The van der Waals surface area contributed by atoms with Gasteiger partial charge in [-0.2, -0.15) is 5.06 Å². The zero-order valence-electron chi connectivity index (χ0n) is 23.7. The van der Waals surface area contributed by atoms with Crippen molar-refractivity contribution >= 4 is 17.5 Å². The maximum absolute atomic E-state index is 13.0. The SMILES string of the molecule is NC(=O)C1c2ccc(OCC3CCCCC3)cc2CON1[C@H](CN1CCCC1)[C@H](O)c1ccc(OC2CC2)c(Cl)c1. The molecule has 2 aliphatic carbocycles. The number of hydrogen-bond acceptors (Lipinski definition) is 7. The second-order valence-corrected chi connectivity index (χ2v) is 12.5. The lowest BCUT2D eigenvalue weighted by Gasteiger charge is -2.42. The van der Waals surface area contributed by atoms with Crippen molar-refractivity contribution in [1.29, 1.82) is 0 Å². The first kappa shape index (κ1) is 28.7. The third-order valence-electron chi connectivity index (χ3n) is 8.96. The van der Waals surface area contributed by atoms with E-state index in [-0.39, 0.29) is 12.7 Å². The number of fused-ring (bicyclic) bond motifs is 1. The molecule has 2 aliphatic heterocycles. The van der Waals surface area contributed by atoms with Crippen molar-refractivity contribution in [3.63, 3.8) is 0 Å². The molecule has 0 bridgehead atoms. The van der Waals surface area contributed by atoms with Gasteiger partial charge in [-0.15, -0.1) is 0 Å². The van der Waals surface area contributed by atoms with Crippen LogP contribution in [0.2, 0.25) is 5.02 Å². The summed E-state index contributed by atoms with van der Waals surface area (Å²) in [6.45, 7) is 3.37. The van der Waals surface area contributed by atoms with Crippen LogP contribution in [-0.2, 0) is 16.2 Å². The molecule has 3 fully saturated rings. The van der Waals surface area contributed by atoms with Gasteiger partial charge in [-0.3, -0.25) is 9.63 Å². The highest BCUT2D eigenvalue weighted by Gasteiger charge is 2.42. The van der Waals surface area contributed by atoms with Crippen molar-refractivity contribution in [2.24, 2.45) is 11.7 Å². The van der Waals surface area contributed by atoms with Crippen LogP contribution in [0.4, 0.5) is 0 Å². The molecule has 222 valence electrons. The highest BCUT2D eigenvalue weighted by Crippen LogP contribution is 2.39. The number of rotatable bonds is 11. The van der Waals surface area contributed by atoms with Gasteiger partial charge in [-0.25, -0.2) is 0 Å². The molecule has 41 heavy (non-hydrogen) atoms. The van der Waals surface area contributed by atoms with E-state index in [0.29, 0.717) is 35.4 Å². The summed E-state index contributed by atoms with van der Waals surface area (Å²) < 4.78 is 12.1. The zero-order valence-corrected chi connectivity index (χ0v) is 24.4. The molecule has 6 rings (SSSR count). The van der Waals surface area contributed by atoms with Crippen LogP contribution in [0.5, 0.6) is 11.5 Å². The van der Waals surface area contributed by atoms with E-state index in [1.165, 1.54) is 32.1 Å². The van der Waals surface area contributed by atoms with Crippen LogP contribution >= 0.6 is 11.6 Å². The Morgan fingerprint density at radius 3 is 2.54 bits per heavy atom. The van der Waals surface area contributed by atoms with E-state index in [1.807, 2.05) is 30.3 Å². The molecular formula is C32H42ClN3O5. The number of likely N-dealkylation sites (tertiary alicyclic amines) is 1. The molecule has 1 saturated heterocycles. The van der Waals surface area contributed by atoms with E-state index in [4.69, 9.17) is 31.6 Å². The minimum absolute atomic E-state index is 0.225. The van der Waals surface area contributed by atoms with Crippen molar-refractivity contribution in [2.45, 2.75) is 88.7 Å². The van der Waals surface area contributed by atoms with Gasteiger partial charge in [0.25, 0.3) is 0 Å². The third kappa shape index (κ3) is 6.83. The molecule has 2 aromatic carbocycles. The Morgan fingerprint density at radius 1 is 1.05 bits per heavy atom. The first-order chi connectivity index (χ1) is 20.0. The fourth-order valence-electron chi connectivity index (χ4n) is 6.49. The molecule has 4 aliphatic rings. The summed E-state index contributed by atoms with van der Waals surface area (Å²) >= 11 is 6.56. The van der Waals surface area contributed by atoms with Gasteiger partial charge in [-0.1, -0.05) is 43.0 Å². The van der Waals surface area contributed by atoms with Crippen molar-refractivity contribution in [1.82, 2.24) is 9.96 Å². The van der Waals surface area contributed by atoms with Crippen molar-refractivity contribution in [3.8, 4) is 11.5 Å². The molecule has 3 atom stereocenters. The molecule has 0 spiro atoms. The second-order valence-electron chi connectivity index (χ2n) is 12.1. The van der Waals surface area contributed by atoms with Crippen LogP contribution in [0, 0.1) is 5.92 Å². The summed E-state index contributed by atoms with van der Waals surface area (Å²) in [5.74, 6) is 1.49. The van der Waals surface area contributed by atoms with Crippen molar-refractivity contribution in [3.05, 3.63) is 58.1 Å². The highest BCUT2D eigenvalue weighted by molar-refractivity contribution is 6.32. The van der Waals surface area contributed by atoms with Gasteiger partial charge in [0.2, 0.25) is 5.91 Å². The summed E-state index contributed by atoms with van der Waals surface area (Å²) in [7, 11) is 0. The molecule has 2 saturated carbocycles. The molecule has 1 amide bonds. The minimum Gasteiger partial charge on any atom is -0.493 e. The normalized spacial score (nSPS) is 23.6. The van der Waals surface area contributed by atoms with E-state index in [9.17, 15) is 9.90 Å². The summed E-state index contributed by atoms with van der Waals surface area (Å²) in [6.07, 6.45) is 9.84. The van der Waals surface area contributed by atoms with Crippen LogP contribution in [0.3, 0.4) is 0 Å². The molecule has 8 nitrogen and oxygen atoms in total. The first-order valence-corrected chi connectivity index (χ1v) is 15.7. The summed E-state index contributed by atoms with van der Waals surface area (Å²) in [5, 5.41) is 13.9. The number of hydrogen-bond donors (Lipinski definition) is 2. The largest absolute Gasteiger partial charge is 0.493 e. The zero-order chi connectivity index (χ0) is 28.3.